The fraction of sp³-hybridized carbons (Fsp3) is 0.455. The first-order valence-electron chi connectivity index (χ1n) is 5.32. The molecule has 17 heavy (non-hydrogen) atoms. The first-order valence-corrected chi connectivity index (χ1v) is 6.93. The van der Waals surface area contributed by atoms with Gasteiger partial charge in [0.05, 0.1) is 19.0 Å². The van der Waals surface area contributed by atoms with Gasteiger partial charge in [-0.25, -0.2) is 0 Å². The quantitative estimate of drug-likeness (QED) is 0.597. The zero-order valence-electron chi connectivity index (χ0n) is 9.63. The van der Waals surface area contributed by atoms with E-state index >= 15 is 0 Å². The minimum absolute atomic E-state index is 0.212. The second-order valence-electron chi connectivity index (χ2n) is 3.37. The van der Waals surface area contributed by atoms with Crippen molar-refractivity contribution >= 4 is 10.1 Å². The fourth-order valence-electron chi connectivity index (χ4n) is 1.27. The van der Waals surface area contributed by atoms with Crippen LogP contribution in [0, 0.1) is 0 Å². The Kier molecular flexibility index (Phi) is 5.24. The summed E-state index contributed by atoms with van der Waals surface area (Å²) >= 11 is 0. The predicted molar refractivity (Wildman–Crippen MR) is 64.1 cm³/mol. The maximum Gasteiger partial charge on any atom is 0.264 e. The zero-order chi connectivity index (χ0) is 12.7. The minimum atomic E-state index is -3.91. The van der Waals surface area contributed by atoms with Crippen molar-refractivity contribution in [3.8, 4) is 11.5 Å². The van der Waals surface area contributed by atoms with Crippen LogP contribution in [0.2, 0.25) is 0 Å². The second-order valence-corrected chi connectivity index (χ2v) is 4.94. The van der Waals surface area contributed by atoms with Crippen LogP contribution in [-0.4, -0.2) is 31.9 Å². The van der Waals surface area contributed by atoms with Gasteiger partial charge < -0.3 is 9.47 Å². The Morgan fingerprint density at radius 2 is 1.76 bits per heavy atom. The molecule has 1 rings (SSSR count). The van der Waals surface area contributed by atoms with Crippen molar-refractivity contribution in [1.82, 2.24) is 0 Å². The van der Waals surface area contributed by atoms with Crippen molar-refractivity contribution in [3.05, 3.63) is 24.3 Å². The Balaban J connectivity index is 2.46. The van der Waals surface area contributed by atoms with Gasteiger partial charge in [0.15, 0.2) is 11.5 Å². The van der Waals surface area contributed by atoms with Gasteiger partial charge >= 0.3 is 0 Å². The van der Waals surface area contributed by atoms with E-state index in [2.05, 4.69) is 0 Å². The average Bonchev–Trinajstić information content (AvgIpc) is 2.25. The summed E-state index contributed by atoms with van der Waals surface area (Å²) in [7, 11) is -3.91. The lowest BCUT2D eigenvalue weighted by molar-refractivity contribution is 0.276. The third kappa shape index (κ3) is 5.55. The van der Waals surface area contributed by atoms with Crippen LogP contribution in [0.1, 0.15) is 13.3 Å². The summed E-state index contributed by atoms with van der Waals surface area (Å²) in [6.45, 7) is 2.62. The minimum Gasteiger partial charge on any atom is -0.490 e. The predicted octanol–water partition coefficient (Wildman–Crippen LogP) is 1.74. The highest BCUT2D eigenvalue weighted by molar-refractivity contribution is 7.85. The van der Waals surface area contributed by atoms with Gasteiger partial charge in [-0.1, -0.05) is 12.1 Å². The lowest BCUT2D eigenvalue weighted by Crippen LogP contribution is -2.09. The lowest BCUT2D eigenvalue weighted by Gasteiger charge is -2.10. The van der Waals surface area contributed by atoms with E-state index in [1.54, 1.807) is 18.2 Å². The third-order valence-corrected chi connectivity index (χ3v) is 2.76. The summed E-state index contributed by atoms with van der Waals surface area (Å²) in [5.41, 5.74) is 0. The second kappa shape index (κ2) is 6.46. The molecule has 1 aromatic rings. The number of hydrogen-bond acceptors (Lipinski definition) is 4. The Hall–Kier alpha value is -1.27. The van der Waals surface area contributed by atoms with Crippen LogP contribution >= 0.6 is 0 Å². The molecule has 0 radical (unpaired) electrons. The van der Waals surface area contributed by atoms with Crippen LogP contribution in [0.5, 0.6) is 11.5 Å². The molecular weight excluding hydrogens is 244 g/mol. The number of para-hydroxylation sites is 2. The molecule has 96 valence electrons. The molecule has 0 amide bonds. The molecule has 0 aliphatic heterocycles. The van der Waals surface area contributed by atoms with Crippen LogP contribution < -0.4 is 9.47 Å². The molecule has 6 heteroatoms. The standard InChI is InChI=1S/C11H16O5S/c1-2-15-10-6-3-4-7-11(10)16-8-5-9-17(12,13)14/h3-4,6-7H,2,5,8-9H2,1H3,(H,12,13,14). The van der Waals surface area contributed by atoms with E-state index in [0.29, 0.717) is 18.1 Å². The summed E-state index contributed by atoms with van der Waals surface area (Å²) in [5.74, 6) is 0.899. The van der Waals surface area contributed by atoms with Gasteiger partial charge in [0, 0.05) is 0 Å². The van der Waals surface area contributed by atoms with Gasteiger partial charge in [-0.2, -0.15) is 8.42 Å². The van der Waals surface area contributed by atoms with Crippen molar-refractivity contribution in [2.24, 2.45) is 0 Å². The highest BCUT2D eigenvalue weighted by Gasteiger charge is 2.06. The van der Waals surface area contributed by atoms with Gasteiger partial charge in [0.1, 0.15) is 0 Å². The van der Waals surface area contributed by atoms with E-state index in [-0.39, 0.29) is 18.8 Å². The van der Waals surface area contributed by atoms with Gasteiger partial charge in [0.25, 0.3) is 10.1 Å². The maximum absolute atomic E-state index is 10.5. The third-order valence-electron chi connectivity index (χ3n) is 1.95. The zero-order valence-corrected chi connectivity index (χ0v) is 10.4. The van der Waals surface area contributed by atoms with Crippen molar-refractivity contribution in [2.75, 3.05) is 19.0 Å². The summed E-state index contributed by atoms with van der Waals surface area (Å²) in [6, 6.07) is 7.16. The Bertz CT molecular complexity index is 441. The van der Waals surface area contributed by atoms with Crippen LogP contribution in [0.25, 0.3) is 0 Å². The van der Waals surface area contributed by atoms with Crippen molar-refractivity contribution in [3.63, 3.8) is 0 Å². The first-order chi connectivity index (χ1) is 8.03. The Labute approximate surface area is 101 Å². The molecule has 5 nitrogen and oxygen atoms in total. The van der Waals surface area contributed by atoms with E-state index in [0.717, 1.165) is 0 Å². The average molecular weight is 260 g/mol. The molecule has 0 aliphatic carbocycles. The molecule has 1 N–H and O–H groups in total. The Morgan fingerprint density at radius 1 is 1.18 bits per heavy atom. The molecule has 0 saturated carbocycles. The molecule has 1 aromatic carbocycles. The molecule has 0 saturated heterocycles. The summed E-state index contributed by atoms with van der Waals surface area (Å²) in [4.78, 5) is 0. The fourth-order valence-corrected chi connectivity index (χ4v) is 1.75. The van der Waals surface area contributed by atoms with Crippen molar-refractivity contribution in [1.29, 1.82) is 0 Å². The molecule has 0 aromatic heterocycles. The lowest BCUT2D eigenvalue weighted by atomic mass is 10.3. The van der Waals surface area contributed by atoms with Gasteiger partial charge in [0.2, 0.25) is 0 Å². The van der Waals surface area contributed by atoms with E-state index < -0.39 is 10.1 Å². The number of rotatable bonds is 7. The molecule has 0 bridgehead atoms. The largest absolute Gasteiger partial charge is 0.490 e. The maximum atomic E-state index is 10.5. The van der Waals surface area contributed by atoms with E-state index in [4.69, 9.17) is 14.0 Å². The molecular formula is C11H16O5S. The van der Waals surface area contributed by atoms with Crippen LogP contribution in [0.3, 0.4) is 0 Å². The van der Waals surface area contributed by atoms with Crippen molar-refractivity contribution in [2.45, 2.75) is 13.3 Å². The first kappa shape index (κ1) is 13.8. The van der Waals surface area contributed by atoms with Crippen LogP contribution in [0.4, 0.5) is 0 Å². The highest BCUT2D eigenvalue weighted by Crippen LogP contribution is 2.26. The number of ether oxygens (including phenoxy) is 2. The van der Waals surface area contributed by atoms with E-state index in [9.17, 15) is 8.42 Å². The molecule has 0 heterocycles. The smallest absolute Gasteiger partial charge is 0.264 e. The van der Waals surface area contributed by atoms with Gasteiger partial charge in [-0.15, -0.1) is 0 Å². The summed E-state index contributed by atoms with van der Waals surface area (Å²) in [6.07, 6.45) is 0.235. The van der Waals surface area contributed by atoms with Crippen LogP contribution in [0.15, 0.2) is 24.3 Å². The Morgan fingerprint density at radius 3 is 2.29 bits per heavy atom. The molecule has 0 atom stereocenters. The van der Waals surface area contributed by atoms with Gasteiger partial charge in [-0.05, 0) is 25.5 Å². The summed E-state index contributed by atoms with van der Waals surface area (Å²) in [5, 5.41) is 0. The van der Waals surface area contributed by atoms with E-state index in [1.807, 2.05) is 13.0 Å². The topological polar surface area (TPSA) is 72.8 Å². The van der Waals surface area contributed by atoms with Crippen LogP contribution in [-0.2, 0) is 10.1 Å². The monoisotopic (exact) mass is 260 g/mol. The number of hydrogen-bond donors (Lipinski definition) is 1. The number of benzene rings is 1. The molecule has 0 unspecified atom stereocenters. The highest BCUT2D eigenvalue weighted by atomic mass is 32.2. The van der Waals surface area contributed by atoms with E-state index in [1.165, 1.54) is 0 Å². The molecule has 0 fully saturated rings. The summed E-state index contributed by atoms with van der Waals surface area (Å²) < 4.78 is 40.2. The SMILES string of the molecule is CCOc1ccccc1OCCCS(=O)(=O)O. The normalized spacial score (nSPS) is 11.2. The van der Waals surface area contributed by atoms with Gasteiger partial charge in [-0.3, -0.25) is 4.55 Å². The van der Waals surface area contributed by atoms with Crippen molar-refractivity contribution < 1.29 is 22.4 Å². The molecule has 0 aliphatic rings. The molecule has 0 spiro atoms.